The fourth-order valence-corrected chi connectivity index (χ4v) is 1.51. The summed E-state index contributed by atoms with van der Waals surface area (Å²) in [7, 11) is 0. The summed E-state index contributed by atoms with van der Waals surface area (Å²) >= 11 is 0. The zero-order valence-corrected chi connectivity index (χ0v) is 10.5. The third-order valence-electron chi connectivity index (χ3n) is 2.88. The van der Waals surface area contributed by atoms with E-state index >= 15 is 0 Å². The van der Waals surface area contributed by atoms with Gasteiger partial charge in [-0.3, -0.25) is 0 Å². The third kappa shape index (κ3) is 2.26. The molecular formula is C12H13FN4O2. The number of halogens is 1. The highest BCUT2D eigenvalue weighted by Crippen LogP contribution is 2.26. The molecule has 0 unspecified atom stereocenters. The van der Waals surface area contributed by atoms with Crippen LogP contribution < -0.4 is 5.73 Å². The Morgan fingerprint density at radius 2 is 2.16 bits per heavy atom. The second-order valence-corrected chi connectivity index (χ2v) is 4.64. The van der Waals surface area contributed by atoms with Gasteiger partial charge in [-0.15, -0.1) is 5.10 Å². The summed E-state index contributed by atoms with van der Waals surface area (Å²) in [5.74, 6) is -1.49. The Balaban J connectivity index is 2.47. The lowest BCUT2D eigenvalue weighted by Crippen LogP contribution is -2.36. The molecule has 0 saturated carbocycles. The molecular weight excluding hydrogens is 251 g/mol. The summed E-state index contributed by atoms with van der Waals surface area (Å²) in [6, 6.07) is 3.90. The number of hydrogen-bond acceptors (Lipinski definition) is 4. The SMILES string of the molecule is CC(C)(C(=O)O)n1cc(-c2cc(F)ccc2N)nn1. The van der Waals surface area contributed by atoms with Gasteiger partial charge in [0, 0.05) is 11.3 Å². The van der Waals surface area contributed by atoms with E-state index in [4.69, 9.17) is 10.8 Å². The molecule has 0 aliphatic heterocycles. The smallest absolute Gasteiger partial charge is 0.331 e. The minimum Gasteiger partial charge on any atom is -0.479 e. The van der Waals surface area contributed by atoms with Crippen LogP contribution in [0.25, 0.3) is 11.3 Å². The molecule has 0 aliphatic rings. The lowest BCUT2D eigenvalue weighted by molar-refractivity contribution is -0.146. The van der Waals surface area contributed by atoms with E-state index in [1.54, 1.807) is 0 Å². The van der Waals surface area contributed by atoms with Crippen molar-refractivity contribution in [2.75, 3.05) is 5.73 Å². The maximum atomic E-state index is 13.2. The summed E-state index contributed by atoms with van der Waals surface area (Å²) in [6.07, 6.45) is 1.43. The summed E-state index contributed by atoms with van der Waals surface area (Å²) in [4.78, 5) is 11.1. The number of aromatic nitrogens is 3. The van der Waals surface area contributed by atoms with Crippen LogP contribution in [-0.2, 0) is 10.3 Å². The van der Waals surface area contributed by atoms with Gasteiger partial charge in [0.15, 0.2) is 5.54 Å². The number of nitrogens with zero attached hydrogens (tertiary/aromatic N) is 3. The van der Waals surface area contributed by atoms with E-state index < -0.39 is 17.3 Å². The third-order valence-corrected chi connectivity index (χ3v) is 2.88. The van der Waals surface area contributed by atoms with Crippen LogP contribution in [0, 0.1) is 5.82 Å². The molecule has 100 valence electrons. The Kier molecular flexibility index (Phi) is 2.97. The highest BCUT2D eigenvalue weighted by atomic mass is 19.1. The second kappa shape index (κ2) is 4.34. The number of anilines is 1. The number of rotatable bonds is 3. The van der Waals surface area contributed by atoms with Crippen LogP contribution in [-0.4, -0.2) is 26.1 Å². The van der Waals surface area contributed by atoms with Gasteiger partial charge in [-0.2, -0.15) is 0 Å². The number of hydrogen-bond donors (Lipinski definition) is 2. The lowest BCUT2D eigenvalue weighted by Gasteiger charge is -2.18. The molecule has 3 N–H and O–H groups in total. The van der Waals surface area contributed by atoms with Crippen molar-refractivity contribution in [1.29, 1.82) is 0 Å². The molecule has 19 heavy (non-hydrogen) atoms. The first-order valence-corrected chi connectivity index (χ1v) is 5.54. The first-order valence-electron chi connectivity index (χ1n) is 5.54. The highest BCUT2D eigenvalue weighted by molar-refractivity contribution is 5.76. The quantitative estimate of drug-likeness (QED) is 0.819. The fourth-order valence-electron chi connectivity index (χ4n) is 1.51. The van der Waals surface area contributed by atoms with Crippen molar-refractivity contribution >= 4 is 11.7 Å². The van der Waals surface area contributed by atoms with E-state index in [0.29, 0.717) is 16.9 Å². The number of carboxylic acids is 1. The van der Waals surface area contributed by atoms with Gasteiger partial charge in [-0.1, -0.05) is 5.21 Å². The maximum absolute atomic E-state index is 13.2. The monoisotopic (exact) mass is 264 g/mol. The molecule has 0 fully saturated rings. The minimum atomic E-state index is -1.24. The van der Waals surface area contributed by atoms with Gasteiger partial charge in [0.25, 0.3) is 0 Å². The van der Waals surface area contributed by atoms with Crippen molar-refractivity contribution < 1.29 is 14.3 Å². The summed E-state index contributed by atoms with van der Waals surface area (Å²) in [5, 5.41) is 16.7. The molecule has 0 atom stereocenters. The van der Waals surface area contributed by atoms with Gasteiger partial charge in [0.05, 0.1) is 6.20 Å². The first-order chi connectivity index (χ1) is 8.82. The van der Waals surface area contributed by atoms with E-state index in [9.17, 15) is 9.18 Å². The van der Waals surface area contributed by atoms with Crippen LogP contribution in [0.2, 0.25) is 0 Å². The van der Waals surface area contributed by atoms with Gasteiger partial charge in [0.2, 0.25) is 0 Å². The summed E-state index contributed by atoms with van der Waals surface area (Å²) in [6.45, 7) is 2.98. The topological polar surface area (TPSA) is 94.0 Å². The molecule has 0 bridgehead atoms. The van der Waals surface area contributed by atoms with Crippen LogP contribution in [0.15, 0.2) is 24.4 Å². The summed E-state index contributed by atoms with van der Waals surface area (Å²) < 4.78 is 14.4. The molecule has 1 heterocycles. The minimum absolute atomic E-state index is 0.325. The van der Waals surface area contributed by atoms with Gasteiger partial charge in [0.1, 0.15) is 11.5 Å². The molecule has 0 saturated heterocycles. The van der Waals surface area contributed by atoms with E-state index in [-0.39, 0.29) is 0 Å². The van der Waals surface area contributed by atoms with Gasteiger partial charge < -0.3 is 10.8 Å². The molecule has 0 radical (unpaired) electrons. The Labute approximate surface area is 108 Å². The predicted octanol–water partition coefficient (Wildman–Crippen LogP) is 1.49. The van der Waals surface area contributed by atoms with Crippen LogP contribution in [0.4, 0.5) is 10.1 Å². The zero-order chi connectivity index (χ0) is 14.2. The number of nitrogens with two attached hydrogens (primary N) is 1. The largest absolute Gasteiger partial charge is 0.479 e. The Bertz CT molecular complexity index is 636. The second-order valence-electron chi connectivity index (χ2n) is 4.64. The number of carboxylic acid groups (broad SMARTS) is 1. The van der Waals surface area contributed by atoms with Crippen molar-refractivity contribution in [3.8, 4) is 11.3 Å². The van der Waals surface area contributed by atoms with Crippen molar-refractivity contribution in [3.63, 3.8) is 0 Å². The van der Waals surface area contributed by atoms with Crippen LogP contribution >= 0.6 is 0 Å². The van der Waals surface area contributed by atoms with Crippen molar-refractivity contribution in [1.82, 2.24) is 15.0 Å². The number of benzene rings is 1. The average molecular weight is 264 g/mol. The zero-order valence-electron chi connectivity index (χ0n) is 10.5. The molecule has 1 aromatic heterocycles. The molecule has 1 aromatic carbocycles. The standard InChI is InChI=1S/C12H13FN4O2/c1-12(2,11(18)19)17-6-10(15-16-17)8-5-7(13)3-4-9(8)14/h3-6H,14H2,1-2H3,(H,18,19). The molecule has 0 aliphatic carbocycles. The Morgan fingerprint density at radius 3 is 2.79 bits per heavy atom. The fraction of sp³-hybridized carbons (Fsp3) is 0.250. The van der Waals surface area contributed by atoms with E-state index in [2.05, 4.69) is 10.3 Å². The molecule has 7 heteroatoms. The lowest BCUT2D eigenvalue weighted by atomic mass is 10.1. The Hall–Kier alpha value is -2.44. The van der Waals surface area contributed by atoms with E-state index in [1.807, 2.05) is 0 Å². The molecule has 0 amide bonds. The number of nitrogen functional groups attached to an aromatic ring is 1. The summed E-state index contributed by atoms with van der Waals surface area (Å²) in [5.41, 5.74) is 5.55. The van der Waals surface area contributed by atoms with Gasteiger partial charge >= 0.3 is 5.97 Å². The number of carbonyl (C=O) groups is 1. The molecule has 2 rings (SSSR count). The van der Waals surface area contributed by atoms with Crippen molar-refractivity contribution in [3.05, 3.63) is 30.2 Å². The predicted molar refractivity (Wildman–Crippen MR) is 66.8 cm³/mol. The molecule has 6 nitrogen and oxygen atoms in total. The van der Waals surface area contributed by atoms with Crippen LogP contribution in [0.1, 0.15) is 13.8 Å². The highest BCUT2D eigenvalue weighted by Gasteiger charge is 2.31. The van der Waals surface area contributed by atoms with Crippen LogP contribution in [0.5, 0.6) is 0 Å². The van der Waals surface area contributed by atoms with E-state index in [0.717, 1.165) is 0 Å². The normalized spacial score (nSPS) is 11.5. The average Bonchev–Trinajstić information content (AvgIpc) is 2.82. The van der Waals surface area contributed by atoms with Crippen molar-refractivity contribution in [2.24, 2.45) is 0 Å². The van der Waals surface area contributed by atoms with Crippen molar-refractivity contribution in [2.45, 2.75) is 19.4 Å². The Morgan fingerprint density at radius 1 is 1.47 bits per heavy atom. The van der Waals surface area contributed by atoms with Gasteiger partial charge in [-0.05, 0) is 32.0 Å². The van der Waals surface area contributed by atoms with E-state index in [1.165, 1.54) is 42.9 Å². The van der Waals surface area contributed by atoms with Gasteiger partial charge in [-0.25, -0.2) is 13.9 Å². The van der Waals surface area contributed by atoms with Crippen LogP contribution in [0.3, 0.4) is 0 Å². The maximum Gasteiger partial charge on any atom is 0.331 e. The number of aliphatic carboxylic acids is 1. The first kappa shape index (κ1) is 13.0. The molecule has 2 aromatic rings. The molecule has 0 spiro atoms.